The molecule has 0 atom stereocenters. The van der Waals surface area contributed by atoms with Crippen molar-refractivity contribution in [1.29, 1.82) is 0 Å². The van der Waals surface area contributed by atoms with Crippen LogP contribution in [0.2, 0.25) is 0 Å². The van der Waals surface area contributed by atoms with Gasteiger partial charge in [0.1, 0.15) is 0 Å². The van der Waals surface area contributed by atoms with Crippen molar-refractivity contribution in [2.45, 2.75) is 12.8 Å². The van der Waals surface area contributed by atoms with Crippen LogP contribution < -0.4 is 16.6 Å². The summed E-state index contributed by atoms with van der Waals surface area (Å²) in [6, 6.07) is 7.27. The molecule has 1 aliphatic rings. The molecule has 1 aromatic carbocycles. The molecule has 5 heteroatoms. The van der Waals surface area contributed by atoms with Crippen LogP contribution >= 0.6 is 11.8 Å². The van der Waals surface area contributed by atoms with Crippen molar-refractivity contribution < 1.29 is 4.79 Å². The molecule has 2 rings (SSSR count). The van der Waals surface area contributed by atoms with Gasteiger partial charge in [-0.25, -0.2) is 0 Å². The Kier molecular flexibility index (Phi) is 4.90. The maximum absolute atomic E-state index is 12.1. The SMILES string of the molecule is NNc1ccccc1C(=O)NCC1CCSCC1. The molecule has 0 aliphatic carbocycles. The van der Waals surface area contributed by atoms with Gasteiger partial charge < -0.3 is 10.7 Å². The molecular formula is C13H19N3OS. The van der Waals surface area contributed by atoms with Gasteiger partial charge in [-0.1, -0.05) is 12.1 Å². The lowest BCUT2D eigenvalue weighted by Crippen LogP contribution is -2.31. The van der Waals surface area contributed by atoms with Crippen LogP contribution in [0.3, 0.4) is 0 Å². The van der Waals surface area contributed by atoms with E-state index in [1.807, 2.05) is 23.9 Å². The van der Waals surface area contributed by atoms with Crippen LogP contribution in [0, 0.1) is 5.92 Å². The Balaban J connectivity index is 1.90. The number of anilines is 1. The second-order valence-corrected chi connectivity index (χ2v) is 5.68. The van der Waals surface area contributed by atoms with Gasteiger partial charge in [-0.2, -0.15) is 11.8 Å². The predicted octanol–water partition coefficient (Wildman–Crippen LogP) is 1.85. The number of hydrogen-bond acceptors (Lipinski definition) is 4. The lowest BCUT2D eigenvalue weighted by Gasteiger charge is -2.21. The summed E-state index contributed by atoms with van der Waals surface area (Å²) in [7, 11) is 0. The Labute approximate surface area is 112 Å². The van der Waals surface area contributed by atoms with E-state index in [4.69, 9.17) is 5.84 Å². The number of benzene rings is 1. The molecule has 1 aromatic rings. The van der Waals surface area contributed by atoms with Crippen LogP contribution in [0.1, 0.15) is 23.2 Å². The molecule has 0 aromatic heterocycles. The Morgan fingerprint density at radius 3 is 2.78 bits per heavy atom. The molecule has 1 saturated heterocycles. The summed E-state index contributed by atoms with van der Waals surface area (Å²) in [6.45, 7) is 0.762. The standard InChI is InChI=1S/C13H19N3OS/c14-16-12-4-2-1-3-11(12)13(17)15-9-10-5-7-18-8-6-10/h1-4,10,16H,5-9,14H2,(H,15,17). The van der Waals surface area contributed by atoms with E-state index >= 15 is 0 Å². The van der Waals surface area contributed by atoms with E-state index < -0.39 is 0 Å². The molecule has 18 heavy (non-hydrogen) atoms. The van der Waals surface area contributed by atoms with Crippen molar-refractivity contribution in [3.05, 3.63) is 29.8 Å². The maximum Gasteiger partial charge on any atom is 0.253 e. The highest BCUT2D eigenvalue weighted by atomic mass is 32.2. The van der Waals surface area contributed by atoms with Gasteiger partial charge in [0.15, 0.2) is 0 Å². The molecule has 0 unspecified atom stereocenters. The fourth-order valence-electron chi connectivity index (χ4n) is 2.09. The summed E-state index contributed by atoms with van der Waals surface area (Å²) in [5.74, 6) is 8.38. The zero-order valence-corrected chi connectivity index (χ0v) is 11.1. The fourth-order valence-corrected chi connectivity index (χ4v) is 3.29. The highest BCUT2D eigenvalue weighted by Crippen LogP contribution is 2.22. The largest absolute Gasteiger partial charge is 0.352 e. The number of nitrogens with two attached hydrogens (primary N) is 1. The van der Waals surface area contributed by atoms with Gasteiger partial charge in [0.05, 0.1) is 11.3 Å². The summed E-state index contributed by atoms with van der Waals surface area (Å²) < 4.78 is 0. The lowest BCUT2D eigenvalue weighted by molar-refractivity contribution is 0.0947. The molecule has 0 radical (unpaired) electrons. The second kappa shape index (κ2) is 6.66. The molecule has 0 spiro atoms. The summed E-state index contributed by atoms with van der Waals surface area (Å²) in [4.78, 5) is 12.1. The van der Waals surface area contributed by atoms with Crippen LogP contribution in [-0.2, 0) is 0 Å². The minimum Gasteiger partial charge on any atom is -0.352 e. The summed E-state index contributed by atoms with van der Waals surface area (Å²) >= 11 is 2.00. The smallest absolute Gasteiger partial charge is 0.253 e. The fraction of sp³-hybridized carbons (Fsp3) is 0.462. The third-order valence-electron chi connectivity index (χ3n) is 3.22. The van der Waals surface area contributed by atoms with E-state index in [-0.39, 0.29) is 5.91 Å². The molecular weight excluding hydrogens is 246 g/mol. The number of hydrogen-bond donors (Lipinski definition) is 3. The molecule has 1 aliphatic heterocycles. The summed E-state index contributed by atoms with van der Waals surface area (Å²) in [5, 5.41) is 3.00. The topological polar surface area (TPSA) is 67.1 Å². The Bertz CT molecular complexity index is 405. The number of nitrogens with one attached hydrogen (secondary N) is 2. The first-order valence-electron chi connectivity index (χ1n) is 6.23. The average molecular weight is 265 g/mol. The number of thioether (sulfide) groups is 1. The number of para-hydroxylation sites is 1. The Hall–Kier alpha value is -1.20. The van der Waals surface area contributed by atoms with Crippen molar-refractivity contribution in [1.82, 2.24) is 5.32 Å². The molecule has 4 N–H and O–H groups in total. The van der Waals surface area contributed by atoms with Crippen LogP contribution in [0.4, 0.5) is 5.69 Å². The van der Waals surface area contributed by atoms with E-state index in [9.17, 15) is 4.79 Å². The Morgan fingerprint density at radius 2 is 2.06 bits per heavy atom. The maximum atomic E-state index is 12.1. The lowest BCUT2D eigenvalue weighted by atomic mass is 10.0. The number of carbonyl (C=O) groups excluding carboxylic acids is 1. The molecule has 1 amide bonds. The van der Waals surface area contributed by atoms with Gasteiger partial charge in [0.2, 0.25) is 0 Å². The zero-order chi connectivity index (χ0) is 12.8. The van der Waals surface area contributed by atoms with Crippen LogP contribution in [0.5, 0.6) is 0 Å². The first-order valence-corrected chi connectivity index (χ1v) is 7.38. The number of hydrazine groups is 1. The second-order valence-electron chi connectivity index (χ2n) is 4.46. The van der Waals surface area contributed by atoms with Crippen LogP contribution in [0.25, 0.3) is 0 Å². The van der Waals surface area contributed by atoms with Crippen LogP contribution in [-0.4, -0.2) is 24.0 Å². The van der Waals surface area contributed by atoms with Gasteiger partial charge in [-0.05, 0) is 42.4 Å². The van der Waals surface area contributed by atoms with E-state index in [0.29, 0.717) is 17.2 Å². The van der Waals surface area contributed by atoms with Gasteiger partial charge in [-0.15, -0.1) is 0 Å². The number of carbonyl (C=O) groups is 1. The van der Waals surface area contributed by atoms with E-state index in [1.54, 1.807) is 12.1 Å². The minimum absolute atomic E-state index is 0.0539. The molecule has 1 fully saturated rings. The average Bonchev–Trinajstić information content (AvgIpc) is 2.45. The first-order chi connectivity index (χ1) is 8.81. The van der Waals surface area contributed by atoms with Gasteiger partial charge in [0, 0.05) is 6.54 Å². The van der Waals surface area contributed by atoms with E-state index in [0.717, 1.165) is 6.54 Å². The van der Waals surface area contributed by atoms with Crippen molar-refractivity contribution in [2.24, 2.45) is 11.8 Å². The summed E-state index contributed by atoms with van der Waals surface area (Å²) in [6.07, 6.45) is 2.39. The first kappa shape index (κ1) is 13.2. The predicted molar refractivity (Wildman–Crippen MR) is 76.6 cm³/mol. The van der Waals surface area contributed by atoms with Crippen molar-refractivity contribution in [2.75, 3.05) is 23.5 Å². The normalized spacial score (nSPS) is 16.3. The highest BCUT2D eigenvalue weighted by molar-refractivity contribution is 7.99. The van der Waals surface area contributed by atoms with Crippen LogP contribution in [0.15, 0.2) is 24.3 Å². The van der Waals surface area contributed by atoms with E-state index in [1.165, 1.54) is 24.3 Å². The molecule has 1 heterocycles. The number of amides is 1. The molecule has 98 valence electrons. The molecule has 4 nitrogen and oxygen atoms in total. The van der Waals surface area contributed by atoms with Crippen molar-refractivity contribution in [3.63, 3.8) is 0 Å². The monoisotopic (exact) mass is 265 g/mol. The number of nitrogen functional groups attached to an aromatic ring is 1. The Morgan fingerprint density at radius 1 is 1.33 bits per heavy atom. The van der Waals surface area contributed by atoms with Gasteiger partial charge in [0.25, 0.3) is 5.91 Å². The third kappa shape index (κ3) is 3.40. The minimum atomic E-state index is -0.0539. The van der Waals surface area contributed by atoms with Gasteiger partial charge >= 0.3 is 0 Å². The van der Waals surface area contributed by atoms with Gasteiger partial charge in [-0.3, -0.25) is 10.6 Å². The van der Waals surface area contributed by atoms with Crippen molar-refractivity contribution >= 4 is 23.4 Å². The highest BCUT2D eigenvalue weighted by Gasteiger charge is 2.16. The number of rotatable bonds is 4. The zero-order valence-electron chi connectivity index (χ0n) is 10.3. The van der Waals surface area contributed by atoms with Crippen molar-refractivity contribution in [3.8, 4) is 0 Å². The quantitative estimate of drug-likeness (QED) is 0.574. The third-order valence-corrected chi connectivity index (χ3v) is 4.27. The molecule has 0 saturated carbocycles. The molecule has 0 bridgehead atoms. The van der Waals surface area contributed by atoms with E-state index in [2.05, 4.69) is 10.7 Å². The summed E-state index contributed by atoms with van der Waals surface area (Å²) in [5.41, 5.74) is 3.81.